The van der Waals surface area contributed by atoms with Crippen molar-refractivity contribution in [2.24, 2.45) is 0 Å². The number of rotatable bonds is 1. The second-order valence-corrected chi connectivity index (χ2v) is 2.48. The van der Waals surface area contributed by atoms with Crippen molar-refractivity contribution in [2.45, 2.75) is 18.9 Å². The van der Waals surface area contributed by atoms with Crippen molar-refractivity contribution in [3.63, 3.8) is 0 Å². The van der Waals surface area contributed by atoms with Gasteiger partial charge in [-0.05, 0) is 12.8 Å². The van der Waals surface area contributed by atoms with Gasteiger partial charge in [0.15, 0.2) is 0 Å². The zero-order valence-electron chi connectivity index (χ0n) is 5.76. The second kappa shape index (κ2) is 2.25. The Hall–Kier alpha value is -0.730. The van der Waals surface area contributed by atoms with E-state index in [9.17, 15) is 4.79 Å². The topological polar surface area (TPSA) is 29.5 Å². The molecule has 0 saturated heterocycles. The van der Waals surface area contributed by atoms with E-state index in [-0.39, 0.29) is 12.2 Å². The Bertz CT molecular complexity index is 118. The summed E-state index contributed by atoms with van der Waals surface area (Å²) in [5.41, 5.74) is 0. The van der Waals surface area contributed by atoms with Crippen LogP contribution in [-0.4, -0.2) is 31.2 Å². The third kappa shape index (κ3) is 1.91. The average Bonchev–Trinajstić information content (AvgIpc) is 2.50. The number of nitrogens with zero attached hydrogens (tertiary/aromatic N) is 1. The molecule has 1 saturated carbocycles. The molecule has 0 N–H and O–H groups in total. The van der Waals surface area contributed by atoms with Crippen molar-refractivity contribution in [3.8, 4) is 0 Å². The minimum atomic E-state index is -0.225. The van der Waals surface area contributed by atoms with E-state index in [0.717, 1.165) is 12.8 Å². The van der Waals surface area contributed by atoms with Gasteiger partial charge in [0.05, 0.1) is 0 Å². The lowest BCUT2D eigenvalue weighted by Crippen LogP contribution is -2.23. The van der Waals surface area contributed by atoms with Gasteiger partial charge in [-0.15, -0.1) is 0 Å². The minimum absolute atomic E-state index is 0.222. The monoisotopic (exact) mass is 129 g/mol. The van der Waals surface area contributed by atoms with Crippen LogP contribution in [0.2, 0.25) is 0 Å². The molecule has 1 amide bonds. The highest BCUT2D eigenvalue weighted by Gasteiger charge is 2.26. The Morgan fingerprint density at radius 3 is 2.44 bits per heavy atom. The first-order valence-corrected chi connectivity index (χ1v) is 3.08. The normalized spacial score (nSPS) is 17.1. The highest BCUT2D eigenvalue weighted by atomic mass is 16.6. The zero-order chi connectivity index (χ0) is 6.85. The largest absolute Gasteiger partial charge is 0.446 e. The third-order valence-electron chi connectivity index (χ3n) is 1.16. The van der Waals surface area contributed by atoms with E-state index in [1.54, 1.807) is 14.1 Å². The summed E-state index contributed by atoms with van der Waals surface area (Å²) >= 11 is 0. The van der Waals surface area contributed by atoms with Crippen LogP contribution in [0.5, 0.6) is 0 Å². The summed E-state index contributed by atoms with van der Waals surface area (Å²) in [5, 5.41) is 0. The molecule has 9 heavy (non-hydrogen) atoms. The van der Waals surface area contributed by atoms with Crippen LogP contribution < -0.4 is 0 Å². The zero-order valence-corrected chi connectivity index (χ0v) is 5.76. The van der Waals surface area contributed by atoms with E-state index >= 15 is 0 Å². The van der Waals surface area contributed by atoms with Gasteiger partial charge in [-0.1, -0.05) is 0 Å². The van der Waals surface area contributed by atoms with E-state index < -0.39 is 0 Å². The Kier molecular flexibility index (Phi) is 1.60. The summed E-state index contributed by atoms with van der Waals surface area (Å²) in [6.07, 6.45) is 2.08. The number of ether oxygens (including phenoxy) is 1. The van der Waals surface area contributed by atoms with E-state index in [1.807, 2.05) is 0 Å². The van der Waals surface area contributed by atoms with Gasteiger partial charge in [0.2, 0.25) is 0 Å². The first-order chi connectivity index (χ1) is 4.20. The van der Waals surface area contributed by atoms with Crippen LogP contribution in [-0.2, 0) is 4.74 Å². The molecule has 1 fully saturated rings. The molecule has 0 aromatic heterocycles. The fourth-order valence-corrected chi connectivity index (χ4v) is 0.434. The smallest absolute Gasteiger partial charge is 0.409 e. The molecule has 1 aliphatic carbocycles. The number of hydrogen-bond acceptors (Lipinski definition) is 2. The Morgan fingerprint density at radius 1 is 1.56 bits per heavy atom. The molecule has 0 atom stereocenters. The van der Waals surface area contributed by atoms with Gasteiger partial charge in [0, 0.05) is 14.1 Å². The second-order valence-electron chi connectivity index (χ2n) is 2.48. The van der Waals surface area contributed by atoms with Crippen molar-refractivity contribution in [2.75, 3.05) is 14.1 Å². The molecule has 1 rings (SSSR count). The number of carbonyl (C=O) groups excluding carboxylic acids is 1. The minimum Gasteiger partial charge on any atom is -0.446 e. The lowest BCUT2D eigenvalue weighted by molar-refractivity contribution is 0.111. The van der Waals surface area contributed by atoms with Crippen molar-refractivity contribution in [1.82, 2.24) is 4.90 Å². The lowest BCUT2D eigenvalue weighted by atomic mass is 10.8. The molecular weight excluding hydrogens is 118 g/mol. The lowest BCUT2D eigenvalue weighted by Gasteiger charge is -2.09. The molecule has 0 unspecified atom stereocenters. The van der Waals surface area contributed by atoms with E-state index in [4.69, 9.17) is 4.74 Å². The molecule has 0 bridgehead atoms. The number of carbonyl (C=O) groups is 1. The van der Waals surface area contributed by atoms with Crippen LogP contribution in [0.25, 0.3) is 0 Å². The summed E-state index contributed by atoms with van der Waals surface area (Å²) in [6.45, 7) is 0. The van der Waals surface area contributed by atoms with Gasteiger partial charge in [0.1, 0.15) is 6.10 Å². The number of hydrogen-bond donors (Lipinski definition) is 0. The first-order valence-electron chi connectivity index (χ1n) is 3.08. The van der Waals surface area contributed by atoms with Gasteiger partial charge in [0.25, 0.3) is 0 Å². The first kappa shape index (κ1) is 6.39. The molecule has 1 aliphatic rings. The average molecular weight is 129 g/mol. The van der Waals surface area contributed by atoms with E-state index in [1.165, 1.54) is 4.90 Å². The molecule has 52 valence electrons. The standard InChI is InChI=1S/C6H11NO2/c1-7(2)6(8)9-5-3-4-5/h5H,3-4H2,1-2H3. The van der Waals surface area contributed by atoms with E-state index in [0.29, 0.717) is 0 Å². The van der Waals surface area contributed by atoms with Gasteiger partial charge >= 0.3 is 6.09 Å². The molecule has 3 nitrogen and oxygen atoms in total. The quantitative estimate of drug-likeness (QED) is 0.525. The van der Waals surface area contributed by atoms with Gasteiger partial charge in [-0.3, -0.25) is 0 Å². The van der Waals surface area contributed by atoms with Crippen LogP contribution in [0, 0.1) is 0 Å². The predicted molar refractivity (Wildman–Crippen MR) is 33.2 cm³/mol. The molecule has 0 aromatic rings. The van der Waals surface area contributed by atoms with Gasteiger partial charge in [-0.25, -0.2) is 4.79 Å². The summed E-state index contributed by atoms with van der Waals surface area (Å²) in [5.74, 6) is 0. The van der Waals surface area contributed by atoms with Crippen LogP contribution in [0.3, 0.4) is 0 Å². The summed E-state index contributed by atoms with van der Waals surface area (Å²) in [4.78, 5) is 12.1. The highest BCUT2D eigenvalue weighted by molar-refractivity contribution is 5.67. The molecule has 0 heterocycles. The SMILES string of the molecule is CN(C)C(=O)OC1CC1. The maximum atomic E-state index is 10.7. The molecule has 3 heteroatoms. The Morgan fingerprint density at radius 2 is 2.11 bits per heavy atom. The van der Waals surface area contributed by atoms with Crippen molar-refractivity contribution in [1.29, 1.82) is 0 Å². The predicted octanol–water partition coefficient (Wildman–Crippen LogP) is 0.847. The number of amides is 1. The molecular formula is C6H11NO2. The van der Waals surface area contributed by atoms with E-state index in [2.05, 4.69) is 0 Å². The molecule has 0 aliphatic heterocycles. The van der Waals surface area contributed by atoms with Gasteiger partial charge < -0.3 is 9.64 Å². The summed E-state index contributed by atoms with van der Waals surface area (Å²) in [7, 11) is 3.37. The summed E-state index contributed by atoms with van der Waals surface area (Å²) in [6, 6.07) is 0. The molecule has 0 aromatic carbocycles. The van der Waals surface area contributed by atoms with Crippen molar-refractivity contribution < 1.29 is 9.53 Å². The Labute approximate surface area is 54.6 Å². The van der Waals surface area contributed by atoms with Crippen LogP contribution in [0.1, 0.15) is 12.8 Å². The van der Waals surface area contributed by atoms with Crippen molar-refractivity contribution >= 4 is 6.09 Å². The fourth-order valence-electron chi connectivity index (χ4n) is 0.434. The Balaban J connectivity index is 2.17. The highest BCUT2D eigenvalue weighted by Crippen LogP contribution is 2.23. The van der Waals surface area contributed by atoms with Crippen molar-refractivity contribution in [3.05, 3.63) is 0 Å². The molecule has 0 spiro atoms. The van der Waals surface area contributed by atoms with Crippen LogP contribution in [0.15, 0.2) is 0 Å². The third-order valence-corrected chi connectivity index (χ3v) is 1.16. The van der Waals surface area contributed by atoms with Gasteiger partial charge in [-0.2, -0.15) is 0 Å². The summed E-state index contributed by atoms with van der Waals surface area (Å²) < 4.78 is 4.91. The maximum absolute atomic E-state index is 10.7. The fraction of sp³-hybridized carbons (Fsp3) is 0.833. The van der Waals surface area contributed by atoms with Crippen LogP contribution >= 0.6 is 0 Å². The van der Waals surface area contributed by atoms with Crippen LogP contribution in [0.4, 0.5) is 4.79 Å². The maximum Gasteiger partial charge on any atom is 0.409 e. The molecule has 0 radical (unpaired) electrons.